The number of nitrogens with one attached hydrogen (secondary N) is 1. The van der Waals surface area contributed by atoms with Crippen molar-refractivity contribution in [3.63, 3.8) is 0 Å². The normalized spacial score (nSPS) is 15.8. The van der Waals surface area contributed by atoms with E-state index >= 15 is 0 Å². The number of hydrogen-bond acceptors (Lipinski definition) is 3. The number of methoxy groups -OCH3 is 1. The summed E-state index contributed by atoms with van der Waals surface area (Å²) in [6, 6.07) is 14.8. The second kappa shape index (κ2) is 10.2. The molecule has 0 spiro atoms. The third-order valence-electron chi connectivity index (χ3n) is 5.40. The quantitative estimate of drug-likeness (QED) is 0.745. The first-order chi connectivity index (χ1) is 13.7. The van der Waals surface area contributed by atoms with E-state index in [9.17, 15) is 9.18 Å². The van der Waals surface area contributed by atoms with Gasteiger partial charge in [-0.1, -0.05) is 36.8 Å². The Balaban J connectivity index is 1.60. The van der Waals surface area contributed by atoms with E-state index in [1.807, 2.05) is 12.1 Å². The number of nitrogens with zero attached hydrogens (tertiary/aromatic N) is 1. The average molecular weight is 384 g/mol. The van der Waals surface area contributed by atoms with Gasteiger partial charge in [-0.3, -0.25) is 9.69 Å². The number of carbonyl (C=O) groups excluding carboxylic acids is 1. The molecule has 0 unspecified atom stereocenters. The van der Waals surface area contributed by atoms with E-state index in [1.54, 1.807) is 25.3 Å². The molecular weight excluding hydrogens is 355 g/mol. The number of ether oxygens (including phenoxy) is 1. The molecule has 0 radical (unpaired) electrons. The third-order valence-corrected chi connectivity index (χ3v) is 5.40. The zero-order valence-corrected chi connectivity index (χ0v) is 16.5. The van der Waals surface area contributed by atoms with Crippen LogP contribution in [-0.2, 0) is 11.2 Å². The standard InChI is InChI=1S/C23H29FN2O2/c1-28-20-12-9-19(10-13-20)22(26-15-5-2-6-16-26)17-25-23(27)14-11-18-7-3-4-8-21(18)24/h3-4,7-10,12-13,22H,2,5-6,11,14-17H2,1H3,(H,25,27)/t22-/m0/s1. The average Bonchev–Trinajstić information content (AvgIpc) is 2.74. The molecule has 1 heterocycles. The van der Waals surface area contributed by atoms with Gasteiger partial charge in [-0.2, -0.15) is 0 Å². The topological polar surface area (TPSA) is 41.6 Å². The second-order valence-corrected chi connectivity index (χ2v) is 7.28. The largest absolute Gasteiger partial charge is 0.497 e. The summed E-state index contributed by atoms with van der Waals surface area (Å²) in [6.07, 6.45) is 4.34. The van der Waals surface area contributed by atoms with Crippen LogP contribution in [0.2, 0.25) is 0 Å². The minimum absolute atomic E-state index is 0.0428. The minimum atomic E-state index is -0.250. The molecule has 0 aromatic heterocycles. The lowest BCUT2D eigenvalue weighted by atomic mass is 10.0. The molecular formula is C23H29FN2O2. The Morgan fingerprint density at radius 3 is 2.50 bits per heavy atom. The summed E-state index contributed by atoms with van der Waals surface area (Å²) in [5.74, 6) is 0.536. The van der Waals surface area contributed by atoms with Crippen LogP contribution in [0.25, 0.3) is 0 Å². The molecule has 0 saturated carbocycles. The SMILES string of the molecule is COc1ccc([C@H](CNC(=O)CCc2ccccc2F)N2CCCCC2)cc1. The molecule has 28 heavy (non-hydrogen) atoms. The Morgan fingerprint density at radius 1 is 1.11 bits per heavy atom. The van der Waals surface area contributed by atoms with Crippen molar-refractivity contribution < 1.29 is 13.9 Å². The fraction of sp³-hybridized carbons (Fsp3) is 0.435. The first-order valence-corrected chi connectivity index (χ1v) is 10.1. The zero-order chi connectivity index (χ0) is 19.8. The maximum atomic E-state index is 13.7. The second-order valence-electron chi connectivity index (χ2n) is 7.28. The Labute approximate surface area is 166 Å². The number of carbonyl (C=O) groups is 1. The summed E-state index contributed by atoms with van der Waals surface area (Å²) < 4.78 is 19.0. The summed E-state index contributed by atoms with van der Waals surface area (Å²) in [7, 11) is 1.66. The number of aryl methyl sites for hydroxylation is 1. The van der Waals surface area contributed by atoms with Gasteiger partial charge < -0.3 is 10.1 Å². The van der Waals surface area contributed by atoms with Gasteiger partial charge in [0.1, 0.15) is 11.6 Å². The monoisotopic (exact) mass is 384 g/mol. The predicted octanol–water partition coefficient (Wildman–Crippen LogP) is 4.11. The van der Waals surface area contributed by atoms with Gasteiger partial charge in [0.25, 0.3) is 0 Å². The van der Waals surface area contributed by atoms with Gasteiger partial charge in [0, 0.05) is 13.0 Å². The van der Waals surface area contributed by atoms with E-state index in [0.29, 0.717) is 18.5 Å². The molecule has 4 nitrogen and oxygen atoms in total. The van der Waals surface area contributed by atoms with Crippen LogP contribution < -0.4 is 10.1 Å². The molecule has 0 bridgehead atoms. The van der Waals surface area contributed by atoms with Gasteiger partial charge >= 0.3 is 0 Å². The van der Waals surface area contributed by atoms with Crippen molar-refractivity contribution >= 4 is 5.91 Å². The van der Waals surface area contributed by atoms with E-state index in [-0.39, 0.29) is 24.2 Å². The van der Waals surface area contributed by atoms with Crippen molar-refractivity contribution in [2.45, 2.75) is 38.1 Å². The minimum Gasteiger partial charge on any atom is -0.497 e. The molecule has 1 aliphatic heterocycles. The predicted molar refractivity (Wildman–Crippen MR) is 109 cm³/mol. The van der Waals surface area contributed by atoms with Gasteiger partial charge in [-0.25, -0.2) is 4.39 Å². The molecule has 5 heteroatoms. The molecule has 1 N–H and O–H groups in total. The summed E-state index contributed by atoms with van der Waals surface area (Å²) >= 11 is 0. The highest BCUT2D eigenvalue weighted by Crippen LogP contribution is 2.26. The molecule has 3 rings (SSSR count). The van der Waals surface area contributed by atoms with E-state index < -0.39 is 0 Å². The molecule has 2 aromatic carbocycles. The van der Waals surface area contributed by atoms with E-state index in [0.717, 1.165) is 18.8 Å². The van der Waals surface area contributed by atoms with Gasteiger partial charge in [-0.15, -0.1) is 0 Å². The van der Waals surface area contributed by atoms with E-state index in [4.69, 9.17) is 4.74 Å². The maximum absolute atomic E-state index is 13.7. The number of piperidine rings is 1. The third kappa shape index (κ3) is 5.55. The number of rotatable bonds is 8. The van der Waals surface area contributed by atoms with Crippen molar-refractivity contribution in [2.24, 2.45) is 0 Å². The van der Waals surface area contributed by atoms with E-state index in [2.05, 4.69) is 22.3 Å². The van der Waals surface area contributed by atoms with Gasteiger partial charge in [0.15, 0.2) is 0 Å². The lowest BCUT2D eigenvalue weighted by Gasteiger charge is -2.35. The zero-order valence-electron chi connectivity index (χ0n) is 16.5. The number of hydrogen-bond donors (Lipinski definition) is 1. The lowest BCUT2D eigenvalue weighted by Crippen LogP contribution is -2.40. The maximum Gasteiger partial charge on any atom is 0.220 e. The van der Waals surface area contributed by atoms with Crippen LogP contribution >= 0.6 is 0 Å². The molecule has 2 aromatic rings. The Bertz CT molecular complexity index is 757. The molecule has 1 aliphatic rings. The van der Waals surface area contributed by atoms with Gasteiger partial charge in [-0.05, 0) is 61.7 Å². The lowest BCUT2D eigenvalue weighted by molar-refractivity contribution is -0.121. The van der Waals surface area contributed by atoms with Crippen molar-refractivity contribution in [1.29, 1.82) is 0 Å². The molecule has 150 valence electrons. The molecule has 0 aliphatic carbocycles. The Hall–Kier alpha value is -2.40. The molecule has 1 saturated heterocycles. The molecule has 1 amide bonds. The summed E-state index contributed by atoms with van der Waals surface area (Å²) in [4.78, 5) is 14.8. The van der Waals surface area contributed by atoms with Crippen LogP contribution in [0.15, 0.2) is 48.5 Å². The van der Waals surface area contributed by atoms with Crippen LogP contribution in [0.1, 0.15) is 42.9 Å². The summed E-state index contributed by atoms with van der Waals surface area (Å²) in [5, 5.41) is 3.06. The highest BCUT2D eigenvalue weighted by molar-refractivity contribution is 5.76. The first kappa shape index (κ1) is 20.3. The van der Waals surface area contributed by atoms with Gasteiger partial charge in [0.2, 0.25) is 5.91 Å². The molecule has 1 atom stereocenters. The van der Waals surface area contributed by atoms with Gasteiger partial charge in [0.05, 0.1) is 13.2 Å². The number of benzene rings is 2. The summed E-state index contributed by atoms with van der Waals surface area (Å²) in [6.45, 7) is 2.64. The number of likely N-dealkylation sites (tertiary alicyclic amines) is 1. The van der Waals surface area contributed by atoms with Crippen LogP contribution in [0.4, 0.5) is 4.39 Å². The number of amides is 1. The number of halogens is 1. The van der Waals surface area contributed by atoms with Crippen LogP contribution in [-0.4, -0.2) is 37.6 Å². The highest BCUT2D eigenvalue weighted by atomic mass is 19.1. The van der Waals surface area contributed by atoms with Crippen molar-refractivity contribution in [3.8, 4) is 5.75 Å². The van der Waals surface area contributed by atoms with E-state index in [1.165, 1.54) is 30.9 Å². The fourth-order valence-electron chi connectivity index (χ4n) is 3.76. The van der Waals surface area contributed by atoms with Crippen LogP contribution in [0, 0.1) is 5.82 Å². The first-order valence-electron chi connectivity index (χ1n) is 10.1. The Morgan fingerprint density at radius 2 is 1.82 bits per heavy atom. The highest BCUT2D eigenvalue weighted by Gasteiger charge is 2.23. The fourth-order valence-corrected chi connectivity index (χ4v) is 3.76. The van der Waals surface area contributed by atoms with Crippen molar-refractivity contribution in [3.05, 3.63) is 65.5 Å². The van der Waals surface area contributed by atoms with Crippen molar-refractivity contribution in [2.75, 3.05) is 26.7 Å². The van der Waals surface area contributed by atoms with Crippen LogP contribution in [0.3, 0.4) is 0 Å². The molecule has 1 fully saturated rings. The summed E-state index contributed by atoms with van der Waals surface area (Å²) in [5.41, 5.74) is 1.76. The smallest absolute Gasteiger partial charge is 0.220 e. The van der Waals surface area contributed by atoms with Crippen LogP contribution in [0.5, 0.6) is 5.75 Å². The van der Waals surface area contributed by atoms with Crippen molar-refractivity contribution in [1.82, 2.24) is 10.2 Å². The Kier molecular flexibility index (Phi) is 7.43.